The van der Waals surface area contributed by atoms with E-state index in [1.807, 2.05) is 0 Å². The molecule has 0 aliphatic heterocycles. The Labute approximate surface area is 262 Å². The molecule has 11 nitrogen and oxygen atoms in total. The number of rotatable bonds is 8. The standard InChI is InChI=1S/C34H22F2N2O9/c1-17-23-11-9-21(15-29(23)46-33(39)25(17)13-19-5-3-7-27(31(19)35)37(41)42)45-22-10-12-24-18(2)26(34(40)47-30(24)16-22)14-20-6-4-8-28(32(20)36)38(43)44/h3-12,15-16H,13-14H2,1-2H3. The van der Waals surface area contributed by atoms with E-state index in [4.69, 9.17) is 13.6 Å². The maximum atomic E-state index is 14.7. The van der Waals surface area contributed by atoms with Gasteiger partial charge in [0, 0.05) is 59.0 Å². The second-order valence-corrected chi connectivity index (χ2v) is 10.8. The second kappa shape index (κ2) is 11.9. The third kappa shape index (κ3) is 5.70. The molecule has 0 unspecified atom stereocenters. The Morgan fingerprint density at radius 1 is 0.660 bits per heavy atom. The van der Waals surface area contributed by atoms with Crippen molar-refractivity contribution in [2.24, 2.45) is 0 Å². The average Bonchev–Trinajstić information content (AvgIpc) is 3.02. The van der Waals surface area contributed by atoms with Gasteiger partial charge in [-0.2, -0.15) is 8.78 Å². The van der Waals surface area contributed by atoms with Crippen molar-refractivity contribution in [2.75, 3.05) is 0 Å². The van der Waals surface area contributed by atoms with Crippen LogP contribution in [0.5, 0.6) is 11.5 Å². The Morgan fingerprint density at radius 2 is 1.06 bits per heavy atom. The van der Waals surface area contributed by atoms with Gasteiger partial charge in [0.05, 0.1) is 9.85 Å². The van der Waals surface area contributed by atoms with Gasteiger partial charge in [0.1, 0.15) is 22.7 Å². The molecule has 236 valence electrons. The molecule has 47 heavy (non-hydrogen) atoms. The number of nitro groups is 2. The summed E-state index contributed by atoms with van der Waals surface area (Å²) < 4.78 is 46.4. The maximum absolute atomic E-state index is 14.7. The molecule has 0 amide bonds. The Kier molecular flexibility index (Phi) is 7.81. The number of nitrogens with zero attached hydrogens (tertiary/aromatic N) is 2. The van der Waals surface area contributed by atoms with Crippen LogP contribution in [0.4, 0.5) is 20.2 Å². The first kappa shape index (κ1) is 30.8. The van der Waals surface area contributed by atoms with Gasteiger partial charge >= 0.3 is 22.6 Å². The normalized spacial score (nSPS) is 11.2. The predicted molar refractivity (Wildman–Crippen MR) is 166 cm³/mol. The largest absolute Gasteiger partial charge is 0.457 e. The van der Waals surface area contributed by atoms with Gasteiger partial charge in [-0.25, -0.2) is 9.59 Å². The summed E-state index contributed by atoms with van der Waals surface area (Å²) in [5.41, 5.74) is -1.18. The van der Waals surface area contributed by atoms with Crippen molar-refractivity contribution in [1.82, 2.24) is 0 Å². The summed E-state index contributed by atoms with van der Waals surface area (Å²) in [7, 11) is 0. The Hall–Kier alpha value is -6.24. The van der Waals surface area contributed by atoms with Crippen LogP contribution in [-0.4, -0.2) is 9.85 Å². The lowest BCUT2D eigenvalue weighted by atomic mass is 9.99. The van der Waals surface area contributed by atoms with Crippen LogP contribution in [0.15, 0.2) is 91.2 Å². The number of benzene rings is 4. The fourth-order valence-electron chi connectivity index (χ4n) is 5.49. The third-order valence-corrected chi connectivity index (χ3v) is 8.00. The molecular formula is C34H22F2N2O9. The van der Waals surface area contributed by atoms with Crippen LogP contribution < -0.4 is 16.0 Å². The van der Waals surface area contributed by atoms with Gasteiger partial charge in [0.2, 0.25) is 11.6 Å². The average molecular weight is 641 g/mol. The van der Waals surface area contributed by atoms with Gasteiger partial charge in [-0.1, -0.05) is 24.3 Å². The van der Waals surface area contributed by atoms with Crippen LogP contribution in [0.2, 0.25) is 0 Å². The quantitative estimate of drug-likeness (QED) is 0.0929. The van der Waals surface area contributed by atoms with Gasteiger partial charge < -0.3 is 13.6 Å². The first-order chi connectivity index (χ1) is 22.4. The summed E-state index contributed by atoms with van der Waals surface area (Å²) in [6.45, 7) is 3.33. The minimum absolute atomic E-state index is 0.0181. The van der Waals surface area contributed by atoms with Gasteiger partial charge in [-0.3, -0.25) is 20.2 Å². The van der Waals surface area contributed by atoms with E-state index in [9.17, 15) is 38.6 Å². The zero-order valence-corrected chi connectivity index (χ0v) is 24.7. The number of aryl methyl sites for hydroxylation is 2. The lowest BCUT2D eigenvalue weighted by Crippen LogP contribution is -2.12. The smallest absolute Gasteiger partial charge is 0.340 e. The molecule has 0 saturated carbocycles. The van der Waals surface area contributed by atoms with E-state index in [0.717, 1.165) is 12.1 Å². The summed E-state index contributed by atoms with van der Waals surface area (Å²) in [6, 6.07) is 17.0. The monoisotopic (exact) mass is 640 g/mol. The number of fused-ring (bicyclic) bond motifs is 2. The molecule has 0 N–H and O–H groups in total. The van der Waals surface area contributed by atoms with E-state index in [0.29, 0.717) is 21.9 Å². The predicted octanol–water partition coefficient (Wildman–Crippen LogP) is 7.58. The molecule has 2 heterocycles. The van der Waals surface area contributed by atoms with E-state index >= 15 is 0 Å². The SMILES string of the molecule is Cc1c(Cc2cccc([N+](=O)[O-])c2F)c(=O)oc2cc(Oc3ccc4c(C)c(Cc5cccc([N+](=O)[O-])c5F)c(=O)oc4c3)ccc12. The fraction of sp³-hybridized carbons (Fsp3) is 0.118. The minimum atomic E-state index is -1.02. The Balaban J connectivity index is 1.28. The molecule has 4 aromatic carbocycles. The highest BCUT2D eigenvalue weighted by atomic mass is 19.1. The molecule has 0 aliphatic carbocycles. The second-order valence-electron chi connectivity index (χ2n) is 10.8. The number of halogens is 2. The van der Waals surface area contributed by atoms with Gasteiger partial charge in [0.25, 0.3) is 0 Å². The van der Waals surface area contributed by atoms with Crippen LogP contribution in [0, 0.1) is 45.7 Å². The molecule has 6 aromatic rings. The summed E-state index contributed by atoms with van der Waals surface area (Å²) >= 11 is 0. The molecule has 0 bridgehead atoms. The van der Waals surface area contributed by atoms with Gasteiger partial charge in [-0.15, -0.1) is 0 Å². The number of hydrogen-bond acceptors (Lipinski definition) is 9. The molecule has 0 spiro atoms. The fourth-order valence-corrected chi connectivity index (χ4v) is 5.49. The molecule has 0 fully saturated rings. The minimum Gasteiger partial charge on any atom is -0.457 e. The summed E-state index contributed by atoms with van der Waals surface area (Å²) in [4.78, 5) is 46.4. The Bertz CT molecular complexity index is 2230. The first-order valence-corrected chi connectivity index (χ1v) is 14.1. The van der Waals surface area contributed by atoms with Crippen molar-refractivity contribution in [3.05, 3.63) is 159 Å². The van der Waals surface area contributed by atoms with Gasteiger partial charge in [0.15, 0.2) is 0 Å². The maximum Gasteiger partial charge on any atom is 0.340 e. The van der Waals surface area contributed by atoms with E-state index in [-0.39, 0.29) is 57.8 Å². The van der Waals surface area contributed by atoms with E-state index < -0.39 is 44.1 Å². The van der Waals surface area contributed by atoms with Crippen molar-refractivity contribution in [1.29, 1.82) is 0 Å². The number of nitro benzene ring substituents is 2. The van der Waals surface area contributed by atoms with Crippen LogP contribution in [0.3, 0.4) is 0 Å². The zero-order chi connectivity index (χ0) is 33.6. The van der Waals surface area contributed by atoms with E-state index in [1.165, 1.54) is 36.4 Å². The van der Waals surface area contributed by atoms with Crippen LogP contribution >= 0.6 is 0 Å². The van der Waals surface area contributed by atoms with Gasteiger partial charge in [-0.05, 0) is 60.4 Å². The lowest BCUT2D eigenvalue weighted by molar-refractivity contribution is -0.387. The molecule has 0 radical (unpaired) electrons. The van der Waals surface area contributed by atoms with Crippen molar-refractivity contribution in [2.45, 2.75) is 26.7 Å². The first-order valence-electron chi connectivity index (χ1n) is 14.1. The molecular weight excluding hydrogens is 618 g/mol. The van der Waals surface area contributed by atoms with E-state index in [2.05, 4.69) is 0 Å². The molecule has 0 saturated heterocycles. The highest BCUT2D eigenvalue weighted by Gasteiger charge is 2.22. The van der Waals surface area contributed by atoms with Crippen molar-refractivity contribution >= 4 is 33.3 Å². The van der Waals surface area contributed by atoms with Crippen molar-refractivity contribution in [3.63, 3.8) is 0 Å². The number of hydrogen-bond donors (Lipinski definition) is 0. The highest BCUT2D eigenvalue weighted by molar-refractivity contribution is 5.84. The van der Waals surface area contributed by atoms with Crippen LogP contribution in [0.1, 0.15) is 33.4 Å². The topological polar surface area (TPSA) is 156 Å². The summed E-state index contributed by atoms with van der Waals surface area (Å²) in [5, 5.41) is 23.4. The molecule has 0 atom stereocenters. The van der Waals surface area contributed by atoms with E-state index in [1.54, 1.807) is 38.1 Å². The molecule has 0 aliphatic rings. The lowest BCUT2D eigenvalue weighted by Gasteiger charge is -2.12. The molecule has 6 rings (SSSR count). The zero-order valence-electron chi connectivity index (χ0n) is 24.7. The highest BCUT2D eigenvalue weighted by Crippen LogP contribution is 2.32. The summed E-state index contributed by atoms with van der Waals surface area (Å²) in [5.74, 6) is -1.47. The summed E-state index contributed by atoms with van der Waals surface area (Å²) in [6.07, 6.45) is -0.418. The number of ether oxygens (including phenoxy) is 1. The Morgan fingerprint density at radius 3 is 1.45 bits per heavy atom. The third-order valence-electron chi connectivity index (χ3n) is 8.00. The van der Waals surface area contributed by atoms with Crippen molar-refractivity contribution in [3.8, 4) is 11.5 Å². The van der Waals surface area contributed by atoms with Crippen LogP contribution in [0.25, 0.3) is 21.9 Å². The molecule has 2 aromatic heterocycles. The van der Waals surface area contributed by atoms with Crippen LogP contribution in [-0.2, 0) is 12.8 Å². The van der Waals surface area contributed by atoms with Crippen molar-refractivity contribution < 1.29 is 32.2 Å². The molecule has 13 heteroatoms.